The van der Waals surface area contributed by atoms with Gasteiger partial charge in [-0.1, -0.05) is 0 Å². The predicted molar refractivity (Wildman–Crippen MR) is 38.4 cm³/mol. The Hall–Kier alpha value is -1.34. The summed E-state index contributed by atoms with van der Waals surface area (Å²) in [5.41, 5.74) is 0. The second-order valence-corrected chi connectivity index (χ2v) is 2.05. The molecule has 1 N–H and O–H groups in total. The van der Waals surface area contributed by atoms with Crippen molar-refractivity contribution in [2.75, 3.05) is 6.54 Å². The topological polar surface area (TPSA) is 61.9 Å². The molecule has 0 fully saturated rings. The van der Waals surface area contributed by atoms with Crippen molar-refractivity contribution in [2.45, 2.75) is 13.0 Å². The molecule has 1 aromatic rings. The third-order valence-corrected chi connectivity index (χ3v) is 1.20. The molecule has 58 valence electrons. The van der Waals surface area contributed by atoms with Crippen LogP contribution in [0.3, 0.4) is 0 Å². The first kappa shape index (κ1) is 7.76. The van der Waals surface area contributed by atoms with Gasteiger partial charge in [0.15, 0.2) is 6.39 Å². The van der Waals surface area contributed by atoms with E-state index < -0.39 is 0 Å². The van der Waals surface area contributed by atoms with Crippen molar-refractivity contribution >= 4 is 0 Å². The Bertz CT molecular complexity index is 224. The van der Waals surface area contributed by atoms with Crippen molar-refractivity contribution in [3.05, 3.63) is 18.4 Å². The molecule has 1 rings (SSSR count). The summed E-state index contributed by atoms with van der Waals surface area (Å²) in [4.78, 5) is 3.75. The highest BCUT2D eigenvalue weighted by molar-refractivity contribution is 4.87. The molecule has 0 saturated carbocycles. The van der Waals surface area contributed by atoms with E-state index in [4.69, 9.17) is 9.68 Å². The zero-order chi connectivity index (χ0) is 7.94. The minimum Gasteiger partial charge on any atom is -0.447 e. The largest absolute Gasteiger partial charge is 0.447 e. The summed E-state index contributed by atoms with van der Waals surface area (Å²) in [5.74, 6) is 0.794. The zero-order valence-electron chi connectivity index (χ0n) is 6.08. The molecule has 0 aromatic carbocycles. The molecule has 0 aliphatic rings. The second kappa shape index (κ2) is 4.47. The van der Waals surface area contributed by atoms with E-state index >= 15 is 0 Å². The fraction of sp³-hybridized carbons (Fsp3) is 0.429. The van der Waals surface area contributed by atoms with Crippen molar-refractivity contribution in [3.63, 3.8) is 0 Å². The molecule has 0 aliphatic heterocycles. The van der Waals surface area contributed by atoms with E-state index in [0.717, 1.165) is 5.76 Å². The Morgan fingerprint density at radius 3 is 3.27 bits per heavy atom. The van der Waals surface area contributed by atoms with Crippen LogP contribution in [-0.2, 0) is 6.54 Å². The fourth-order valence-electron chi connectivity index (χ4n) is 0.685. The molecule has 0 spiro atoms. The quantitative estimate of drug-likeness (QED) is 0.643. The number of rotatable bonds is 4. The van der Waals surface area contributed by atoms with Crippen molar-refractivity contribution in [3.8, 4) is 6.07 Å². The standard InChI is InChI=1S/C7H9N3O/c8-2-1-3-9-4-7-5-10-6-11-7/h5-6,9H,1,3-4H2. The van der Waals surface area contributed by atoms with Crippen LogP contribution in [0.1, 0.15) is 12.2 Å². The van der Waals surface area contributed by atoms with Crippen LogP contribution in [0, 0.1) is 11.3 Å². The summed E-state index contributed by atoms with van der Waals surface area (Å²) in [7, 11) is 0. The molecule has 0 saturated heterocycles. The maximum atomic E-state index is 8.20. The van der Waals surface area contributed by atoms with Gasteiger partial charge in [0.1, 0.15) is 5.76 Å². The Kier molecular flexibility index (Phi) is 3.16. The van der Waals surface area contributed by atoms with Crippen molar-refractivity contribution in [1.82, 2.24) is 10.3 Å². The highest BCUT2D eigenvalue weighted by Crippen LogP contribution is 1.94. The number of nitriles is 1. The molecule has 0 aliphatic carbocycles. The molecule has 0 radical (unpaired) electrons. The SMILES string of the molecule is N#CCCNCc1cnco1. The number of aromatic nitrogens is 1. The maximum Gasteiger partial charge on any atom is 0.180 e. The maximum absolute atomic E-state index is 8.20. The predicted octanol–water partition coefficient (Wildman–Crippen LogP) is 0.678. The summed E-state index contributed by atoms with van der Waals surface area (Å²) < 4.78 is 4.96. The van der Waals surface area contributed by atoms with E-state index in [0.29, 0.717) is 19.5 Å². The Balaban J connectivity index is 2.10. The smallest absolute Gasteiger partial charge is 0.180 e. The van der Waals surface area contributed by atoms with Crippen LogP contribution in [0.15, 0.2) is 17.0 Å². The lowest BCUT2D eigenvalue weighted by Crippen LogP contribution is -2.13. The first-order valence-corrected chi connectivity index (χ1v) is 3.38. The van der Waals surface area contributed by atoms with Gasteiger partial charge in [-0.05, 0) is 0 Å². The molecule has 11 heavy (non-hydrogen) atoms. The Morgan fingerprint density at radius 2 is 2.64 bits per heavy atom. The van der Waals surface area contributed by atoms with E-state index in [-0.39, 0.29) is 0 Å². The second-order valence-electron chi connectivity index (χ2n) is 2.05. The monoisotopic (exact) mass is 151 g/mol. The number of oxazole rings is 1. The molecule has 1 aromatic heterocycles. The van der Waals surface area contributed by atoms with Gasteiger partial charge in [0, 0.05) is 13.0 Å². The van der Waals surface area contributed by atoms with Gasteiger partial charge in [-0.15, -0.1) is 0 Å². The van der Waals surface area contributed by atoms with Crippen molar-refractivity contribution in [1.29, 1.82) is 5.26 Å². The van der Waals surface area contributed by atoms with Gasteiger partial charge in [-0.3, -0.25) is 0 Å². The molecule has 4 nitrogen and oxygen atoms in total. The lowest BCUT2D eigenvalue weighted by Gasteiger charge is -1.95. The van der Waals surface area contributed by atoms with E-state index in [2.05, 4.69) is 10.3 Å². The summed E-state index contributed by atoms with van der Waals surface area (Å²) in [6, 6.07) is 2.04. The molecule has 0 amide bonds. The van der Waals surface area contributed by atoms with Crippen LogP contribution in [-0.4, -0.2) is 11.5 Å². The van der Waals surface area contributed by atoms with E-state index in [1.165, 1.54) is 6.39 Å². The van der Waals surface area contributed by atoms with Crippen LogP contribution in [0.5, 0.6) is 0 Å². The minimum absolute atomic E-state index is 0.522. The van der Waals surface area contributed by atoms with E-state index in [9.17, 15) is 0 Å². The molecule has 0 atom stereocenters. The van der Waals surface area contributed by atoms with Gasteiger partial charge in [0.05, 0.1) is 18.8 Å². The third-order valence-electron chi connectivity index (χ3n) is 1.20. The normalized spacial score (nSPS) is 9.36. The summed E-state index contributed by atoms with van der Waals surface area (Å²) >= 11 is 0. The fourth-order valence-corrected chi connectivity index (χ4v) is 0.685. The Labute approximate surface area is 64.8 Å². The molecular formula is C7H9N3O. The molecule has 0 bridgehead atoms. The summed E-state index contributed by atoms with van der Waals surface area (Å²) in [5, 5.41) is 11.2. The van der Waals surface area contributed by atoms with Gasteiger partial charge in [-0.2, -0.15) is 5.26 Å². The number of hydrogen-bond donors (Lipinski definition) is 1. The van der Waals surface area contributed by atoms with Gasteiger partial charge in [-0.25, -0.2) is 4.98 Å². The number of nitrogens with zero attached hydrogens (tertiary/aromatic N) is 2. The van der Waals surface area contributed by atoms with Crippen molar-refractivity contribution < 1.29 is 4.42 Å². The van der Waals surface area contributed by atoms with Crippen LogP contribution in [0.25, 0.3) is 0 Å². The number of hydrogen-bond acceptors (Lipinski definition) is 4. The molecule has 4 heteroatoms. The molecule has 1 heterocycles. The zero-order valence-corrected chi connectivity index (χ0v) is 6.08. The third kappa shape index (κ3) is 2.83. The molecular weight excluding hydrogens is 142 g/mol. The van der Waals surface area contributed by atoms with Gasteiger partial charge in [0.2, 0.25) is 0 Å². The van der Waals surface area contributed by atoms with Gasteiger partial charge in [0.25, 0.3) is 0 Å². The lowest BCUT2D eigenvalue weighted by atomic mass is 10.4. The highest BCUT2D eigenvalue weighted by atomic mass is 16.3. The summed E-state index contributed by atoms with van der Waals surface area (Å²) in [6.07, 6.45) is 3.56. The highest BCUT2D eigenvalue weighted by Gasteiger charge is 1.93. The average molecular weight is 151 g/mol. The van der Waals surface area contributed by atoms with Gasteiger partial charge < -0.3 is 9.73 Å². The summed E-state index contributed by atoms with van der Waals surface area (Å²) in [6.45, 7) is 1.33. The van der Waals surface area contributed by atoms with Crippen LogP contribution >= 0.6 is 0 Å². The van der Waals surface area contributed by atoms with Gasteiger partial charge >= 0.3 is 0 Å². The molecule has 0 unspecified atom stereocenters. The number of nitrogens with one attached hydrogen (secondary N) is 1. The van der Waals surface area contributed by atoms with Crippen molar-refractivity contribution in [2.24, 2.45) is 0 Å². The average Bonchev–Trinajstić information content (AvgIpc) is 2.50. The lowest BCUT2D eigenvalue weighted by molar-refractivity contribution is 0.481. The van der Waals surface area contributed by atoms with E-state index in [1.54, 1.807) is 6.20 Å². The van der Waals surface area contributed by atoms with Crippen LogP contribution < -0.4 is 5.32 Å². The first-order valence-electron chi connectivity index (χ1n) is 3.38. The Morgan fingerprint density at radius 1 is 1.73 bits per heavy atom. The first-order chi connectivity index (χ1) is 5.43. The minimum atomic E-state index is 0.522. The van der Waals surface area contributed by atoms with E-state index in [1.807, 2.05) is 6.07 Å². The van der Waals surface area contributed by atoms with Crippen LogP contribution in [0.4, 0.5) is 0 Å². The van der Waals surface area contributed by atoms with Crippen LogP contribution in [0.2, 0.25) is 0 Å².